The van der Waals surface area contributed by atoms with Crippen LogP contribution >= 0.6 is 0 Å². The predicted molar refractivity (Wildman–Crippen MR) is 127 cm³/mol. The van der Waals surface area contributed by atoms with E-state index in [4.69, 9.17) is 18.1 Å². The first-order valence-electron chi connectivity index (χ1n) is 10.8. The number of carbonyl (C=O) groups excluding carboxylic acids is 1. The third kappa shape index (κ3) is 6.08. The highest BCUT2D eigenvalue weighted by Gasteiger charge is 2.21. The van der Waals surface area contributed by atoms with Gasteiger partial charge in [-0.1, -0.05) is 18.2 Å². The molecule has 37 heavy (non-hydrogen) atoms. The van der Waals surface area contributed by atoms with Crippen LogP contribution in [0.3, 0.4) is 0 Å². The Hall–Kier alpha value is -4.78. The Morgan fingerprint density at radius 3 is 2.43 bits per heavy atom. The van der Waals surface area contributed by atoms with Gasteiger partial charge in [-0.2, -0.15) is 8.42 Å². The van der Waals surface area contributed by atoms with Gasteiger partial charge in [-0.15, -0.1) is 10.2 Å². The van der Waals surface area contributed by atoms with Gasteiger partial charge in [0.05, 0.1) is 17.1 Å². The Kier molecular flexibility index (Phi) is 7.44. The molecule has 0 amide bonds. The maximum absolute atomic E-state index is 12.8. The molecule has 0 fully saturated rings. The second kappa shape index (κ2) is 10.9. The molecule has 4 rings (SSSR count). The number of nitrogens with zero attached hydrogens (tertiary/aromatic N) is 3. The molecule has 0 aliphatic rings. The van der Waals surface area contributed by atoms with E-state index in [1.807, 2.05) is 0 Å². The van der Waals surface area contributed by atoms with Crippen LogP contribution in [-0.4, -0.2) is 36.1 Å². The molecule has 190 valence electrons. The second-order valence-electron chi connectivity index (χ2n) is 7.33. The number of ether oxygens (including phenoxy) is 2. The zero-order valence-electron chi connectivity index (χ0n) is 19.3. The lowest BCUT2D eigenvalue weighted by atomic mass is 10.2. The van der Waals surface area contributed by atoms with Crippen molar-refractivity contribution in [3.63, 3.8) is 0 Å². The minimum Gasteiger partial charge on any atom is -0.490 e. The summed E-state index contributed by atoms with van der Waals surface area (Å²) in [4.78, 5) is 22.5. The van der Waals surface area contributed by atoms with E-state index < -0.39 is 21.0 Å². The molecule has 0 bridgehead atoms. The summed E-state index contributed by atoms with van der Waals surface area (Å²) in [5.74, 6) is -0.504. The van der Waals surface area contributed by atoms with Gasteiger partial charge in [0.15, 0.2) is 18.1 Å². The lowest BCUT2D eigenvalue weighted by Gasteiger charge is -2.12. The molecule has 0 saturated carbocycles. The molecule has 0 N–H and O–H groups in total. The van der Waals surface area contributed by atoms with Gasteiger partial charge in [-0.25, -0.2) is 4.79 Å². The van der Waals surface area contributed by atoms with Crippen LogP contribution in [0.1, 0.15) is 23.2 Å². The third-order valence-corrected chi connectivity index (χ3v) is 6.06. The summed E-state index contributed by atoms with van der Waals surface area (Å²) in [5, 5.41) is 18.4. The largest absolute Gasteiger partial charge is 0.490 e. The summed E-state index contributed by atoms with van der Waals surface area (Å²) in [6.07, 6.45) is 0. The summed E-state index contributed by atoms with van der Waals surface area (Å²) in [6.45, 7) is 1.69. The van der Waals surface area contributed by atoms with E-state index in [0.29, 0.717) is 12.2 Å². The number of benzene rings is 3. The van der Waals surface area contributed by atoms with E-state index in [-0.39, 0.29) is 46.0 Å². The number of para-hydroxylation sites is 2. The molecular formula is C24H19N3O9S. The van der Waals surface area contributed by atoms with Crippen molar-refractivity contribution >= 4 is 21.8 Å². The Labute approximate surface area is 210 Å². The van der Waals surface area contributed by atoms with Crippen molar-refractivity contribution < 1.29 is 36.2 Å². The number of rotatable bonds is 10. The molecule has 3 aromatic carbocycles. The molecule has 1 aromatic heterocycles. The monoisotopic (exact) mass is 525 g/mol. The molecular weight excluding hydrogens is 506 g/mol. The summed E-state index contributed by atoms with van der Waals surface area (Å²) in [5.41, 5.74) is 0.308. The van der Waals surface area contributed by atoms with E-state index in [0.717, 1.165) is 6.07 Å². The smallest absolute Gasteiger partial charge is 0.339 e. The van der Waals surface area contributed by atoms with Crippen LogP contribution < -0.4 is 8.92 Å². The van der Waals surface area contributed by atoms with E-state index >= 15 is 0 Å². The molecule has 0 aliphatic carbocycles. The van der Waals surface area contributed by atoms with Crippen molar-refractivity contribution in [2.24, 2.45) is 0 Å². The lowest BCUT2D eigenvalue weighted by Crippen LogP contribution is -2.12. The first kappa shape index (κ1) is 25.3. The SMILES string of the molecule is CCOc1ccccc1OS(=O)(=O)c1cccc(C(=O)OCc2nnc(-c3ccc([N+](=O)[O-])cc3)o2)c1. The van der Waals surface area contributed by atoms with Gasteiger partial charge in [0.25, 0.3) is 11.6 Å². The van der Waals surface area contributed by atoms with Gasteiger partial charge in [0.1, 0.15) is 4.90 Å². The number of esters is 1. The minimum absolute atomic E-state index is 0.0116. The third-order valence-electron chi connectivity index (χ3n) is 4.83. The molecule has 0 radical (unpaired) electrons. The first-order chi connectivity index (χ1) is 17.8. The number of nitro benzene ring substituents is 1. The fourth-order valence-corrected chi connectivity index (χ4v) is 4.09. The molecule has 0 atom stereocenters. The van der Waals surface area contributed by atoms with Crippen LogP contribution in [-0.2, 0) is 21.5 Å². The normalized spacial score (nSPS) is 11.1. The molecule has 0 saturated heterocycles. The zero-order chi connectivity index (χ0) is 26.4. The number of carbonyl (C=O) groups is 1. The summed E-state index contributed by atoms with van der Waals surface area (Å²) >= 11 is 0. The lowest BCUT2D eigenvalue weighted by molar-refractivity contribution is -0.384. The van der Waals surface area contributed by atoms with Crippen molar-refractivity contribution in [1.29, 1.82) is 0 Å². The van der Waals surface area contributed by atoms with Gasteiger partial charge in [-0.05, 0) is 49.4 Å². The van der Waals surface area contributed by atoms with Crippen molar-refractivity contribution in [2.75, 3.05) is 6.61 Å². The summed E-state index contributed by atoms with van der Waals surface area (Å²) in [6, 6.07) is 16.9. The summed E-state index contributed by atoms with van der Waals surface area (Å²) < 4.78 is 46.8. The molecule has 0 aliphatic heterocycles. The molecule has 1 heterocycles. The Morgan fingerprint density at radius 2 is 1.73 bits per heavy atom. The number of hydrogen-bond acceptors (Lipinski definition) is 11. The summed E-state index contributed by atoms with van der Waals surface area (Å²) in [7, 11) is -4.28. The highest BCUT2D eigenvalue weighted by molar-refractivity contribution is 7.87. The van der Waals surface area contributed by atoms with Crippen molar-refractivity contribution in [1.82, 2.24) is 10.2 Å². The van der Waals surface area contributed by atoms with E-state index in [2.05, 4.69) is 10.2 Å². The number of nitro groups is 1. The van der Waals surface area contributed by atoms with Crippen LogP contribution in [0.25, 0.3) is 11.5 Å². The topological polar surface area (TPSA) is 161 Å². The van der Waals surface area contributed by atoms with Gasteiger partial charge in [-0.3, -0.25) is 10.1 Å². The fourth-order valence-electron chi connectivity index (χ4n) is 3.10. The van der Waals surface area contributed by atoms with Crippen LogP contribution in [0.4, 0.5) is 5.69 Å². The Morgan fingerprint density at radius 1 is 1.00 bits per heavy atom. The standard InChI is InChI=1S/C24H19N3O9S/c1-2-33-20-8-3-4-9-21(20)36-37(31,32)19-7-5-6-17(14-19)24(28)34-15-22-25-26-23(35-22)16-10-12-18(13-11-16)27(29)30/h3-14H,2,15H2,1H3. The van der Waals surface area contributed by atoms with Crippen LogP contribution in [0.15, 0.2) is 82.1 Å². The van der Waals surface area contributed by atoms with Gasteiger partial charge >= 0.3 is 16.1 Å². The number of aromatic nitrogens is 2. The van der Waals surface area contributed by atoms with E-state index in [9.17, 15) is 23.3 Å². The molecule has 4 aromatic rings. The highest BCUT2D eigenvalue weighted by atomic mass is 32.2. The number of hydrogen-bond donors (Lipinski definition) is 0. The maximum Gasteiger partial charge on any atom is 0.339 e. The Balaban J connectivity index is 1.43. The zero-order valence-corrected chi connectivity index (χ0v) is 20.1. The quantitative estimate of drug-likeness (QED) is 0.126. The van der Waals surface area contributed by atoms with E-state index in [1.54, 1.807) is 25.1 Å². The molecule has 0 unspecified atom stereocenters. The van der Waals surface area contributed by atoms with Gasteiger partial charge in [0, 0.05) is 17.7 Å². The molecule has 12 nitrogen and oxygen atoms in total. The second-order valence-corrected chi connectivity index (χ2v) is 8.87. The predicted octanol–water partition coefficient (Wildman–Crippen LogP) is 4.17. The van der Waals surface area contributed by atoms with Crippen LogP contribution in [0.5, 0.6) is 11.5 Å². The van der Waals surface area contributed by atoms with Gasteiger partial charge < -0.3 is 18.1 Å². The van der Waals surface area contributed by atoms with Crippen LogP contribution in [0.2, 0.25) is 0 Å². The first-order valence-corrected chi connectivity index (χ1v) is 12.2. The molecule has 0 spiro atoms. The van der Waals surface area contributed by atoms with Gasteiger partial charge in [0.2, 0.25) is 5.89 Å². The number of non-ortho nitro benzene ring substituents is 1. The highest BCUT2D eigenvalue weighted by Crippen LogP contribution is 2.30. The minimum atomic E-state index is -4.28. The maximum atomic E-state index is 12.8. The van der Waals surface area contributed by atoms with E-state index in [1.165, 1.54) is 48.5 Å². The van der Waals surface area contributed by atoms with Crippen molar-refractivity contribution in [3.8, 4) is 23.0 Å². The fraction of sp³-hybridized carbons (Fsp3) is 0.125. The van der Waals surface area contributed by atoms with Crippen LogP contribution in [0, 0.1) is 10.1 Å². The average Bonchev–Trinajstić information content (AvgIpc) is 3.38. The van der Waals surface area contributed by atoms with Crippen molar-refractivity contribution in [2.45, 2.75) is 18.4 Å². The molecule has 13 heteroatoms. The Bertz CT molecular complexity index is 1530. The average molecular weight is 525 g/mol. The van der Waals surface area contributed by atoms with Crippen molar-refractivity contribution in [3.05, 3.63) is 94.4 Å².